The average molecular weight is 370 g/mol. The maximum Gasteiger partial charge on any atom is 0.248 e. The van der Waals surface area contributed by atoms with Gasteiger partial charge in [0, 0.05) is 18.6 Å². The number of benzene rings is 1. The summed E-state index contributed by atoms with van der Waals surface area (Å²) in [6.45, 7) is 1.16. The summed E-state index contributed by atoms with van der Waals surface area (Å²) in [6.07, 6.45) is 3.23. The number of quaternary nitrogens is 1. The van der Waals surface area contributed by atoms with Crippen LogP contribution < -0.4 is 18.8 Å². The summed E-state index contributed by atoms with van der Waals surface area (Å²) in [5.41, 5.74) is 2.97. The third kappa shape index (κ3) is 2.94. The van der Waals surface area contributed by atoms with Gasteiger partial charge in [-0.2, -0.15) is 4.57 Å². The van der Waals surface area contributed by atoms with Crippen LogP contribution in [0.5, 0.6) is 17.2 Å². The van der Waals surface area contributed by atoms with Crippen LogP contribution in [0.1, 0.15) is 34.1 Å². The molecule has 0 saturated carbocycles. The number of likely N-dealkylation sites (N-methyl/N-ethyl adjacent to an activating group) is 1. The molecule has 142 valence electrons. The molecule has 0 fully saturated rings. The van der Waals surface area contributed by atoms with Crippen LogP contribution in [0, 0.1) is 0 Å². The second-order valence-corrected chi connectivity index (χ2v) is 7.81. The normalized spacial score (nSPS) is 19.5. The third-order valence-electron chi connectivity index (χ3n) is 5.80. The number of rotatable bonds is 4. The Morgan fingerprint density at radius 2 is 2.15 bits per heavy atom. The predicted molar refractivity (Wildman–Crippen MR) is 99.1 cm³/mol. The van der Waals surface area contributed by atoms with Crippen LogP contribution in [-0.4, -0.2) is 44.8 Å². The molecule has 2 aromatic rings. The minimum atomic E-state index is -0.00842. The first-order chi connectivity index (χ1) is 12.9. The Bertz CT molecular complexity index is 907. The number of Topliss-reactive ketones (excluding diaryl/α,β-unsaturated/α-hetero) is 1. The first-order valence-electron chi connectivity index (χ1n) is 9.22. The smallest absolute Gasteiger partial charge is 0.248 e. The molecule has 1 atom stereocenters. The lowest BCUT2D eigenvalue weighted by atomic mass is 9.86. The zero-order valence-corrected chi connectivity index (χ0v) is 16.3. The molecule has 0 bridgehead atoms. The summed E-state index contributed by atoms with van der Waals surface area (Å²) >= 11 is 0. The molecule has 3 heterocycles. The number of hydrogen-bond acceptors (Lipinski definition) is 4. The molecule has 27 heavy (non-hydrogen) atoms. The van der Waals surface area contributed by atoms with Gasteiger partial charge in [0.1, 0.15) is 13.1 Å². The number of aromatic nitrogens is 1. The summed E-state index contributed by atoms with van der Waals surface area (Å²) < 4.78 is 19.6. The Balaban J connectivity index is 1.79. The van der Waals surface area contributed by atoms with E-state index < -0.39 is 0 Å². The zero-order chi connectivity index (χ0) is 19.2. The van der Waals surface area contributed by atoms with Crippen LogP contribution in [-0.2, 0) is 13.5 Å². The molecule has 0 N–H and O–H groups in total. The second-order valence-electron chi connectivity index (χ2n) is 7.81. The van der Waals surface area contributed by atoms with E-state index in [0.717, 1.165) is 28.8 Å². The number of ether oxygens (including phenoxy) is 3. The van der Waals surface area contributed by atoms with Gasteiger partial charge in [-0.25, -0.2) is 0 Å². The van der Waals surface area contributed by atoms with Gasteiger partial charge in [0.2, 0.25) is 24.0 Å². The fourth-order valence-corrected chi connectivity index (χ4v) is 4.21. The molecule has 6 nitrogen and oxygen atoms in total. The van der Waals surface area contributed by atoms with Crippen molar-refractivity contribution in [3.05, 3.63) is 47.3 Å². The molecule has 0 radical (unpaired) electrons. The van der Waals surface area contributed by atoms with Crippen molar-refractivity contribution in [1.29, 1.82) is 0 Å². The van der Waals surface area contributed by atoms with Crippen molar-refractivity contribution in [2.75, 3.05) is 34.5 Å². The molecule has 4 rings (SSSR count). The number of aryl methyl sites for hydroxylation is 1. The first-order valence-corrected chi connectivity index (χ1v) is 9.22. The highest BCUT2D eigenvalue weighted by atomic mass is 16.7. The van der Waals surface area contributed by atoms with E-state index in [1.807, 2.05) is 36.0 Å². The SMILES string of the molecule is COc1c2c(cc3c1C(CC(=O)c1cccc[n+]1C)[N+](C)(C)CC3)OCO2. The van der Waals surface area contributed by atoms with Crippen molar-refractivity contribution < 1.29 is 28.1 Å². The van der Waals surface area contributed by atoms with Gasteiger partial charge in [0.05, 0.1) is 39.7 Å². The van der Waals surface area contributed by atoms with E-state index in [4.69, 9.17) is 14.2 Å². The van der Waals surface area contributed by atoms with Crippen molar-refractivity contribution in [1.82, 2.24) is 0 Å². The van der Waals surface area contributed by atoms with Crippen LogP contribution in [0.4, 0.5) is 0 Å². The molecular weight excluding hydrogens is 344 g/mol. The van der Waals surface area contributed by atoms with E-state index in [-0.39, 0.29) is 18.6 Å². The lowest BCUT2D eigenvalue weighted by molar-refractivity contribution is -0.922. The van der Waals surface area contributed by atoms with Gasteiger partial charge in [-0.3, -0.25) is 4.79 Å². The van der Waals surface area contributed by atoms with E-state index in [2.05, 4.69) is 20.2 Å². The standard InChI is InChI=1S/C21H26N2O4/c1-22-9-6-5-7-15(22)17(24)12-16-19-14(8-10-23(16,2)3)11-18-20(21(19)25-4)27-13-26-18/h5-7,9,11,16H,8,10,12-13H2,1-4H3/q+2. The van der Waals surface area contributed by atoms with E-state index in [0.29, 0.717) is 23.6 Å². The molecule has 1 unspecified atom stereocenters. The second kappa shape index (κ2) is 6.53. The largest absolute Gasteiger partial charge is 0.492 e. The van der Waals surface area contributed by atoms with E-state index in [1.54, 1.807) is 7.11 Å². The lowest BCUT2D eigenvalue weighted by Gasteiger charge is -2.42. The van der Waals surface area contributed by atoms with Gasteiger partial charge in [0.25, 0.3) is 0 Å². The highest BCUT2D eigenvalue weighted by Gasteiger charge is 2.43. The Hall–Kier alpha value is -2.60. The maximum absolute atomic E-state index is 13.1. The topological polar surface area (TPSA) is 48.6 Å². The Morgan fingerprint density at radius 1 is 1.33 bits per heavy atom. The molecule has 1 aromatic heterocycles. The quantitative estimate of drug-likeness (QED) is 0.470. The van der Waals surface area contributed by atoms with Crippen molar-refractivity contribution in [3.8, 4) is 17.2 Å². The number of methoxy groups -OCH3 is 1. The molecule has 2 aliphatic heterocycles. The summed E-state index contributed by atoms with van der Waals surface area (Å²) in [4.78, 5) is 13.1. The number of nitrogens with zero attached hydrogens (tertiary/aromatic N) is 2. The van der Waals surface area contributed by atoms with E-state index in [9.17, 15) is 4.79 Å². The number of carbonyl (C=O) groups is 1. The van der Waals surface area contributed by atoms with Crippen molar-refractivity contribution >= 4 is 5.78 Å². The molecule has 0 spiro atoms. The highest BCUT2D eigenvalue weighted by molar-refractivity contribution is 5.93. The fourth-order valence-electron chi connectivity index (χ4n) is 4.21. The summed E-state index contributed by atoms with van der Waals surface area (Å²) in [7, 11) is 7.91. The molecule has 0 amide bonds. The third-order valence-corrected chi connectivity index (χ3v) is 5.80. The molecular formula is C21H26N2O4+2. The molecule has 6 heteroatoms. The summed E-state index contributed by atoms with van der Waals surface area (Å²) in [6, 6.07) is 7.75. The first kappa shape index (κ1) is 17.8. The van der Waals surface area contributed by atoms with Crippen LogP contribution >= 0.6 is 0 Å². The number of hydrogen-bond donors (Lipinski definition) is 0. The van der Waals surface area contributed by atoms with Crippen LogP contribution in [0.15, 0.2) is 30.5 Å². The number of carbonyl (C=O) groups excluding carboxylic acids is 1. The number of pyridine rings is 1. The van der Waals surface area contributed by atoms with Gasteiger partial charge < -0.3 is 18.7 Å². The van der Waals surface area contributed by atoms with Gasteiger partial charge in [-0.15, -0.1) is 0 Å². The van der Waals surface area contributed by atoms with Crippen LogP contribution in [0.2, 0.25) is 0 Å². The van der Waals surface area contributed by atoms with Gasteiger partial charge in [-0.05, 0) is 17.7 Å². The zero-order valence-electron chi connectivity index (χ0n) is 16.3. The Labute approximate surface area is 159 Å². The van der Waals surface area contributed by atoms with Gasteiger partial charge in [0.15, 0.2) is 17.7 Å². The van der Waals surface area contributed by atoms with Crippen LogP contribution in [0.25, 0.3) is 0 Å². The Morgan fingerprint density at radius 3 is 2.89 bits per heavy atom. The van der Waals surface area contributed by atoms with Crippen molar-refractivity contribution in [3.63, 3.8) is 0 Å². The van der Waals surface area contributed by atoms with E-state index >= 15 is 0 Å². The monoisotopic (exact) mass is 370 g/mol. The minimum absolute atomic E-state index is 0.00842. The fraction of sp³-hybridized carbons (Fsp3) is 0.429. The molecule has 0 saturated heterocycles. The van der Waals surface area contributed by atoms with Crippen molar-refractivity contribution in [2.24, 2.45) is 7.05 Å². The lowest BCUT2D eigenvalue weighted by Crippen LogP contribution is -2.49. The predicted octanol–water partition coefficient (Wildman–Crippen LogP) is 2.19. The van der Waals surface area contributed by atoms with Crippen LogP contribution in [0.3, 0.4) is 0 Å². The minimum Gasteiger partial charge on any atom is -0.492 e. The summed E-state index contributed by atoms with van der Waals surface area (Å²) in [5.74, 6) is 2.22. The molecule has 2 aliphatic rings. The van der Waals surface area contributed by atoms with Gasteiger partial charge in [-0.1, -0.05) is 0 Å². The summed E-state index contributed by atoms with van der Waals surface area (Å²) in [5, 5.41) is 0. The number of fused-ring (bicyclic) bond motifs is 2. The molecule has 1 aromatic carbocycles. The maximum atomic E-state index is 13.1. The number of ketones is 1. The van der Waals surface area contributed by atoms with E-state index in [1.165, 1.54) is 5.56 Å². The average Bonchev–Trinajstić information content (AvgIpc) is 3.11. The molecule has 0 aliphatic carbocycles. The Kier molecular flexibility index (Phi) is 4.30. The van der Waals surface area contributed by atoms with Crippen molar-refractivity contribution in [2.45, 2.75) is 18.9 Å². The highest BCUT2D eigenvalue weighted by Crippen LogP contribution is 2.51. The van der Waals surface area contributed by atoms with Gasteiger partial charge >= 0.3 is 0 Å².